The van der Waals surface area contributed by atoms with Crippen LogP contribution in [-0.4, -0.2) is 30.6 Å². The summed E-state index contributed by atoms with van der Waals surface area (Å²) in [5.74, 6) is 0.846. The maximum absolute atomic E-state index is 6.22. The van der Waals surface area contributed by atoms with Gasteiger partial charge in [-0.05, 0) is 44.7 Å². The minimum atomic E-state index is 0.460. The summed E-state index contributed by atoms with van der Waals surface area (Å²) in [4.78, 5) is 2.59. The molecular formula is C12H24N2. The van der Waals surface area contributed by atoms with Crippen LogP contribution in [0, 0.1) is 5.92 Å². The smallest absolute Gasteiger partial charge is 0.0196 e. The van der Waals surface area contributed by atoms with E-state index in [-0.39, 0.29) is 0 Å². The highest BCUT2D eigenvalue weighted by atomic mass is 15.1. The van der Waals surface area contributed by atoms with Gasteiger partial charge in [0.2, 0.25) is 0 Å². The Kier molecular flexibility index (Phi) is 3.82. The molecule has 1 saturated heterocycles. The van der Waals surface area contributed by atoms with E-state index in [1.54, 1.807) is 0 Å². The molecule has 82 valence electrons. The van der Waals surface area contributed by atoms with Crippen LogP contribution >= 0.6 is 0 Å². The van der Waals surface area contributed by atoms with Gasteiger partial charge in [0.1, 0.15) is 0 Å². The topological polar surface area (TPSA) is 29.3 Å². The average Bonchev–Trinajstić information content (AvgIpc) is 2.29. The van der Waals surface area contributed by atoms with Crippen LogP contribution in [0.25, 0.3) is 0 Å². The van der Waals surface area contributed by atoms with Gasteiger partial charge in [-0.25, -0.2) is 0 Å². The summed E-state index contributed by atoms with van der Waals surface area (Å²) in [6, 6.07) is 0.460. The zero-order valence-corrected chi connectivity index (χ0v) is 9.25. The molecule has 1 aliphatic carbocycles. The van der Waals surface area contributed by atoms with Crippen molar-refractivity contribution in [1.82, 2.24) is 4.90 Å². The first-order chi connectivity index (χ1) is 6.86. The molecule has 0 aromatic heterocycles. The second-order valence-electron chi connectivity index (χ2n) is 5.07. The third-order valence-electron chi connectivity index (χ3n) is 3.92. The summed E-state index contributed by atoms with van der Waals surface area (Å²) in [5, 5.41) is 0. The van der Waals surface area contributed by atoms with Crippen LogP contribution in [0.15, 0.2) is 0 Å². The Hall–Kier alpha value is -0.0800. The predicted octanol–water partition coefficient (Wildman–Crippen LogP) is 1.99. The van der Waals surface area contributed by atoms with Crippen molar-refractivity contribution in [2.45, 2.75) is 51.0 Å². The first kappa shape index (κ1) is 10.4. The third kappa shape index (κ3) is 2.71. The first-order valence-electron chi connectivity index (χ1n) is 6.34. The second kappa shape index (κ2) is 5.13. The zero-order valence-electron chi connectivity index (χ0n) is 9.25. The summed E-state index contributed by atoms with van der Waals surface area (Å²) < 4.78 is 0. The summed E-state index contributed by atoms with van der Waals surface area (Å²) >= 11 is 0. The van der Waals surface area contributed by atoms with Crippen LogP contribution in [0.5, 0.6) is 0 Å². The number of likely N-dealkylation sites (tertiary alicyclic amines) is 1. The first-order valence-corrected chi connectivity index (χ1v) is 6.34. The SMILES string of the molecule is NC(CN1CCCCCC1)C1CCC1. The van der Waals surface area contributed by atoms with Crippen molar-refractivity contribution in [1.29, 1.82) is 0 Å². The van der Waals surface area contributed by atoms with Gasteiger partial charge in [-0.1, -0.05) is 19.3 Å². The van der Waals surface area contributed by atoms with Crippen molar-refractivity contribution in [3.05, 3.63) is 0 Å². The Labute approximate surface area is 87.8 Å². The number of nitrogens with two attached hydrogens (primary N) is 1. The van der Waals surface area contributed by atoms with Crippen LogP contribution in [0.4, 0.5) is 0 Å². The molecule has 1 saturated carbocycles. The fraction of sp³-hybridized carbons (Fsp3) is 1.00. The summed E-state index contributed by atoms with van der Waals surface area (Å²) in [6.45, 7) is 3.74. The molecule has 2 fully saturated rings. The van der Waals surface area contributed by atoms with Crippen molar-refractivity contribution in [3.63, 3.8) is 0 Å². The number of hydrogen-bond acceptors (Lipinski definition) is 2. The van der Waals surface area contributed by atoms with Gasteiger partial charge in [-0.15, -0.1) is 0 Å². The van der Waals surface area contributed by atoms with Crippen LogP contribution in [0.2, 0.25) is 0 Å². The number of nitrogens with zero attached hydrogens (tertiary/aromatic N) is 1. The van der Waals surface area contributed by atoms with Crippen LogP contribution < -0.4 is 5.73 Å². The zero-order chi connectivity index (χ0) is 9.80. The van der Waals surface area contributed by atoms with Gasteiger partial charge in [0.05, 0.1) is 0 Å². The Morgan fingerprint density at radius 1 is 1.00 bits per heavy atom. The lowest BCUT2D eigenvalue weighted by Gasteiger charge is -2.34. The second-order valence-corrected chi connectivity index (χ2v) is 5.07. The summed E-state index contributed by atoms with van der Waals surface area (Å²) in [6.07, 6.45) is 9.81. The molecule has 0 bridgehead atoms. The van der Waals surface area contributed by atoms with Crippen molar-refractivity contribution >= 4 is 0 Å². The molecule has 2 N–H and O–H groups in total. The van der Waals surface area contributed by atoms with Crippen molar-refractivity contribution in [2.75, 3.05) is 19.6 Å². The Morgan fingerprint density at radius 3 is 2.14 bits per heavy atom. The fourth-order valence-corrected chi connectivity index (χ4v) is 2.63. The lowest BCUT2D eigenvalue weighted by molar-refractivity contribution is 0.189. The molecule has 2 heteroatoms. The molecule has 2 rings (SSSR count). The molecule has 1 heterocycles. The molecule has 1 aliphatic heterocycles. The highest BCUT2D eigenvalue weighted by molar-refractivity contribution is 4.82. The highest BCUT2D eigenvalue weighted by Crippen LogP contribution is 2.29. The fourth-order valence-electron chi connectivity index (χ4n) is 2.63. The van der Waals surface area contributed by atoms with Gasteiger partial charge in [0.25, 0.3) is 0 Å². The van der Waals surface area contributed by atoms with E-state index in [2.05, 4.69) is 4.90 Å². The van der Waals surface area contributed by atoms with E-state index in [0.29, 0.717) is 6.04 Å². The lowest BCUT2D eigenvalue weighted by atomic mass is 9.80. The van der Waals surface area contributed by atoms with Crippen molar-refractivity contribution in [3.8, 4) is 0 Å². The molecule has 0 spiro atoms. The van der Waals surface area contributed by atoms with Crippen LogP contribution in [0.3, 0.4) is 0 Å². The molecule has 0 radical (unpaired) electrons. The van der Waals surface area contributed by atoms with E-state index < -0.39 is 0 Å². The maximum Gasteiger partial charge on any atom is 0.0196 e. The van der Waals surface area contributed by atoms with Gasteiger partial charge in [-0.2, -0.15) is 0 Å². The van der Waals surface area contributed by atoms with E-state index in [1.807, 2.05) is 0 Å². The molecule has 0 aromatic rings. The summed E-state index contributed by atoms with van der Waals surface area (Å²) in [7, 11) is 0. The molecule has 1 unspecified atom stereocenters. The van der Waals surface area contributed by atoms with Crippen LogP contribution in [0.1, 0.15) is 44.9 Å². The normalized spacial score (nSPS) is 28.1. The van der Waals surface area contributed by atoms with Gasteiger partial charge >= 0.3 is 0 Å². The lowest BCUT2D eigenvalue weighted by Crippen LogP contribution is -2.44. The Morgan fingerprint density at radius 2 is 1.64 bits per heavy atom. The monoisotopic (exact) mass is 196 g/mol. The number of hydrogen-bond donors (Lipinski definition) is 1. The molecule has 0 amide bonds. The van der Waals surface area contributed by atoms with Gasteiger partial charge in [0.15, 0.2) is 0 Å². The highest BCUT2D eigenvalue weighted by Gasteiger charge is 2.25. The number of rotatable bonds is 3. The predicted molar refractivity (Wildman–Crippen MR) is 60.2 cm³/mol. The largest absolute Gasteiger partial charge is 0.326 e. The van der Waals surface area contributed by atoms with E-state index in [9.17, 15) is 0 Å². The molecule has 0 aromatic carbocycles. The molecule has 1 atom stereocenters. The van der Waals surface area contributed by atoms with E-state index in [4.69, 9.17) is 5.73 Å². The molecule has 14 heavy (non-hydrogen) atoms. The van der Waals surface area contributed by atoms with E-state index in [0.717, 1.165) is 12.5 Å². The Bertz CT molecular complexity index is 158. The molecular weight excluding hydrogens is 172 g/mol. The maximum atomic E-state index is 6.22. The standard InChI is InChI=1S/C12H24N2/c13-12(11-6-5-7-11)10-14-8-3-1-2-4-9-14/h11-12H,1-10,13H2. The average molecular weight is 196 g/mol. The van der Waals surface area contributed by atoms with Gasteiger partial charge in [-0.3, -0.25) is 0 Å². The van der Waals surface area contributed by atoms with E-state index >= 15 is 0 Å². The van der Waals surface area contributed by atoms with Crippen molar-refractivity contribution in [2.24, 2.45) is 11.7 Å². The minimum Gasteiger partial charge on any atom is -0.326 e. The summed E-state index contributed by atoms with van der Waals surface area (Å²) in [5.41, 5.74) is 6.22. The van der Waals surface area contributed by atoms with Crippen LogP contribution in [-0.2, 0) is 0 Å². The van der Waals surface area contributed by atoms with Crippen molar-refractivity contribution < 1.29 is 0 Å². The molecule has 2 aliphatic rings. The van der Waals surface area contributed by atoms with Gasteiger partial charge in [0, 0.05) is 12.6 Å². The minimum absolute atomic E-state index is 0.460. The quantitative estimate of drug-likeness (QED) is 0.748. The Balaban J connectivity index is 1.71. The van der Waals surface area contributed by atoms with Gasteiger partial charge < -0.3 is 10.6 Å². The van der Waals surface area contributed by atoms with E-state index in [1.165, 1.54) is 58.0 Å². The third-order valence-corrected chi connectivity index (χ3v) is 3.92. The molecule has 2 nitrogen and oxygen atoms in total.